The average Bonchev–Trinajstić information content (AvgIpc) is 2.86. The number of hydrogen-bond acceptors (Lipinski definition) is 6. The Hall–Kier alpha value is -1.66. The Morgan fingerprint density at radius 2 is 2.09 bits per heavy atom. The van der Waals surface area contributed by atoms with Gasteiger partial charge >= 0.3 is 0 Å². The average molecular weight is 332 g/mol. The highest BCUT2D eigenvalue weighted by Gasteiger charge is 2.22. The molecule has 1 aromatic carbocycles. The van der Waals surface area contributed by atoms with Crippen LogP contribution in [0.3, 0.4) is 0 Å². The molecule has 1 aliphatic rings. The summed E-state index contributed by atoms with van der Waals surface area (Å²) in [7, 11) is 1.72. The zero-order chi connectivity index (χ0) is 16.2. The lowest BCUT2D eigenvalue weighted by Gasteiger charge is -2.28. The Morgan fingerprint density at radius 3 is 2.83 bits per heavy atom. The number of benzene rings is 1. The fraction of sp³-hybridized carbons (Fsp3) is 0.529. The predicted octanol–water partition coefficient (Wildman–Crippen LogP) is 3.13. The van der Waals surface area contributed by atoms with Gasteiger partial charge in [-0.1, -0.05) is 12.1 Å². The predicted molar refractivity (Wildman–Crippen MR) is 94.5 cm³/mol. The molecule has 0 amide bonds. The van der Waals surface area contributed by atoms with Crippen molar-refractivity contribution < 1.29 is 4.74 Å². The van der Waals surface area contributed by atoms with Crippen molar-refractivity contribution in [3.8, 4) is 5.75 Å². The zero-order valence-electron chi connectivity index (χ0n) is 14.0. The van der Waals surface area contributed by atoms with E-state index in [2.05, 4.69) is 44.3 Å². The molecular weight excluding hydrogens is 308 g/mol. The summed E-state index contributed by atoms with van der Waals surface area (Å²) in [6.07, 6.45) is 1.15. The van der Waals surface area contributed by atoms with Crippen molar-refractivity contribution in [2.45, 2.75) is 26.3 Å². The van der Waals surface area contributed by atoms with E-state index in [0.717, 1.165) is 49.3 Å². The van der Waals surface area contributed by atoms with Crippen molar-refractivity contribution in [3.63, 3.8) is 0 Å². The standard InChI is InChI=1S/C17H24N4OS/c1-13(15-6-4-7-16(12-15)22-3)20-8-5-9-21(11-10-20)17-18-14(2)19-23-17/h4,6-7,12-13H,5,8-11H2,1-3H3/t13-/m0/s1. The molecule has 2 aromatic rings. The lowest BCUT2D eigenvalue weighted by atomic mass is 10.1. The summed E-state index contributed by atoms with van der Waals surface area (Å²) in [5, 5.41) is 1.05. The van der Waals surface area contributed by atoms with Crippen LogP contribution in [0, 0.1) is 6.92 Å². The number of nitrogens with zero attached hydrogens (tertiary/aromatic N) is 4. The molecule has 1 aromatic heterocycles. The normalized spacial score (nSPS) is 17.8. The first-order chi connectivity index (χ1) is 11.2. The summed E-state index contributed by atoms with van der Waals surface area (Å²) >= 11 is 1.51. The molecule has 3 rings (SSSR count). The Bertz CT molecular complexity index is 645. The zero-order valence-corrected chi connectivity index (χ0v) is 14.8. The van der Waals surface area contributed by atoms with Crippen LogP contribution in [-0.4, -0.2) is 47.5 Å². The van der Waals surface area contributed by atoms with Gasteiger partial charge in [0.15, 0.2) is 0 Å². The summed E-state index contributed by atoms with van der Waals surface area (Å²) in [6, 6.07) is 8.78. The van der Waals surface area contributed by atoms with Gasteiger partial charge in [0, 0.05) is 43.8 Å². The first-order valence-electron chi connectivity index (χ1n) is 8.10. The molecule has 0 saturated carbocycles. The van der Waals surface area contributed by atoms with Gasteiger partial charge in [-0.2, -0.15) is 4.37 Å². The number of hydrogen-bond donors (Lipinski definition) is 0. The molecular formula is C17H24N4OS. The van der Waals surface area contributed by atoms with Crippen LogP contribution in [0.5, 0.6) is 5.75 Å². The van der Waals surface area contributed by atoms with E-state index < -0.39 is 0 Å². The fourth-order valence-corrected chi connectivity index (χ4v) is 3.77. The molecule has 23 heavy (non-hydrogen) atoms. The van der Waals surface area contributed by atoms with Crippen LogP contribution in [0.15, 0.2) is 24.3 Å². The minimum Gasteiger partial charge on any atom is -0.497 e. The van der Waals surface area contributed by atoms with Crippen LogP contribution in [-0.2, 0) is 0 Å². The number of aromatic nitrogens is 2. The molecule has 6 heteroatoms. The number of rotatable bonds is 4. The minimum absolute atomic E-state index is 0.390. The summed E-state index contributed by atoms with van der Waals surface area (Å²) in [5.41, 5.74) is 1.31. The van der Waals surface area contributed by atoms with E-state index in [-0.39, 0.29) is 0 Å². The molecule has 0 aliphatic carbocycles. The van der Waals surface area contributed by atoms with E-state index in [1.54, 1.807) is 7.11 Å². The SMILES string of the molecule is COc1cccc([C@H](C)N2CCCN(c3nc(C)ns3)CC2)c1. The summed E-state index contributed by atoms with van der Waals surface area (Å²) in [4.78, 5) is 9.43. The van der Waals surface area contributed by atoms with Gasteiger partial charge in [0.1, 0.15) is 11.6 Å². The van der Waals surface area contributed by atoms with Gasteiger partial charge < -0.3 is 9.64 Å². The monoisotopic (exact) mass is 332 g/mol. The summed E-state index contributed by atoms with van der Waals surface area (Å²) in [6.45, 7) is 8.43. The Balaban J connectivity index is 1.67. The second-order valence-electron chi connectivity index (χ2n) is 5.95. The first kappa shape index (κ1) is 16.2. The lowest BCUT2D eigenvalue weighted by molar-refractivity contribution is 0.226. The van der Waals surface area contributed by atoms with Gasteiger partial charge in [0.2, 0.25) is 5.13 Å². The number of anilines is 1. The molecule has 1 atom stereocenters. The highest BCUT2D eigenvalue weighted by Crippen LogP contribution is 2.26. The molecule has 1 aliphatic heterocycles. The third-order valence-corrected chi connectivity index (χ3v) is 5.31. The van der Waals surface area contributed by atoms with Crippen molar-refractivity contribution in [2.24, 2.45) is 0 Å². The van der Waals surface area contributed by atoms with Crippen molar-refractivity contribution >= 4 is 16.7 Å². The van der Waals surface area contributed by atoms with Crippen LogP contribution in [0.2, 0.25) is 0 Å². The van der Waals surface area contributed by atoms with E-state index in [9.17, 15) is 0 Å². The van der Waals surface area contributed by atoms with Crippen molar-refractivity contribution in [1.82, 2.24) is 14.3 Å². The first-order valence-corrected chi connectivity index (χ1v) is 8.88. The van der Waals surface area contributed by atoms with Crippen molar-refractivity contribution in [3.05, 3.63) is 35.7 Å². The molecule has 2 heterocycles. The van der Waals surface area contributed by atoms with Gasteiger partial charge in [-0.05, 0) is 38.0 Å². The van der Waals surface area contributed by atoms with Gasteiger partial charge in [-0.25, -0.2) is 4.98 Å². The van der Waals surface area contributed by atoms with Gasteiger partial charge in [-0.15, -0.1) is 0 Å². The summed E-state index contributed by atoms with van der Waals surface area (Å²) < 4.78 is 9.66. The number of aryl methyl sites for hydroxylation is 1. The van der Waals surface area contributed by atoms with E-state index in [1.165, 1.54) is 17.1 Å². The maximum Gasteiger partial charge on any atom is 0.205 e. The smallest absolute Gasteiger partial charge is 0.205 e. The second-order valence-corrected chi connectivity index (χ2v) is 6.68. The van der Waals surface area contributed by atoms with Gasteiger partial charge in [-0.3, -0.25) is 4.90 Å². The van der Waals surface area contributed by atoms with Crippen LogP contribution in [0.25, 0.3) is 0 Å². The number of methoxy groups -OCH3 is 1. The molecule has 0 unspecified atom stereocenters. The second kappa shape index (κ2) is 7.27. The molecule has 124 valence electrons. The number of ether oxygens (including phenoxy) is 1. The lowest BCUT2D eigenvalue weighted by Crippen LogP contribution is -2.32. The van der Waals surface area contributed by atoms with Crippen LogP contribution in [0.4, 0.5) is 5.13 Å². The highest BCUT2D eigenvalue weighted by atomic mass is 32.1. The van der Waals surface area contributed by atoms with Crippen LogP contribution >= 0.6 is 11.5 Å². The molecule has 0 spiro atoms. The molecule has 0 radical (unpaired) electrons. The molecule has 0 N–H and O–H groups in total. The third-order valence-electron chi connectivity index (χ3n) is 4.44. The Morgan fingerprint density at radius 1 is 1.22 bits per heavy atom. The van der Waals surface area contributed by atoms with E-state index in [1.807, 2.05) is 13.0 Å². The molecule has 0 bridgehead atoms. The maximum atomic E-state index is 5.35. The maximum absolute atomic E-state index is 5.35. The van der Waals surface area contributed by atoms with Gasteiger partial charge in [0.25, 0.3) is 0 Å². The van der Waals surface area contributed by atoms with Crippen LogP contribution < -0.4 is 9.64 Å². The van der Waals surface area contributed by atoms with Crippen molar-refractivity contribution in [2.75, 3.05) is 38.2 Å². The summed E-state index contributed by atoms with van der Waals surface area (Å²) in [5.74, 6) is 1.80. The van der Waals surface area contributed by atoms with E-state index in [4.69, 9.17) is 4.74 Å². The van der Waals surface area contributed by atoms with E-state index >= 15 is 0 Å². The molecule has 1 saturated heterocycles. The van der Waals surface area contributed by atoms with Crippen LogP contribution in [0.1, 0.15) is 30.8 Å². The Kier molecular flexibility index (Phi) is 5.13. The Labute approximate surface area is 142 Å². The van der Waals surface area contributed by atoms with E-state index in [0.29, 0.717) is 6.04 Å². The van der Waals surface area contributed by atoms with Crippen molar-refractivity contribution in [1.29, 1.82) is 0 Å². The molecule has 5 nitrogen and oxygen atoms in total. The minimum atomic E-state index is 0.390. The fourth-order valence-electron chi connectivity index (χ4n) is 3.04. The highest BCUT2D eigenvalue weighted by molar-refractivity contribution is 7.09. The quantitative estimate of drug-likeness (QED) is 0.860. The molecule has 1 fully saturated rings. The largest absolute Gasteiger partial charge is 0.497 e. The van der Waals surface area contributed by atoms with Gasteiger partial charge in [0.05, 0.1) is 7.11 Å². The topological polar surface area (TPSA) is 41.5 Å². The third kappa shape index (κ3) is 3.82.